The van der Waals surface area contributed by atoms with E-state index in [-0.39, 0.29) is 23.6 Å². The lowest BCUT2D eigenvalue weighted by Crippen LogP contribution is -2.41. The zero-order chi connectivity index (χ0) is 31.1. The van der Waals surface area contributed by atoms with Crippen molar-refractivity contribution >= 4 is 33.8 Å². The van der Waals surface area contributed by atoms with Crippen LogP contribution in [0.5, 0.6) is 5.75 Å². The van der Waals surface area contributed by atoms with Gasteiger partial charge in [-0.25, -0.2) is 9.37 Å². The van der Waals surface area contributed by atoms with E-state index in [0.29, 0.717) is 46.3 Å². The average Bonchev–Trinajstić information content (AvgIpc) is 3.44. The number of rotatable bonds is 7. The van der Waals surface area contributed by atoms with E-state index >= 15 is 4.39 Å². The highest BCUT2D eigenvalue weighted by molar-refractivity contribution is 6.01. The van der Waals surface area contributed by atoms with E-state index in [9.17, 15) is 9.59 Å². The molecule has 3 heterocycles. The summed E-state index contributed by atoms with van der Waals surface area (Å²) in [5, 5.41) is 1.01. The lowest BCUT2D eigenvalue weighted by molar-refractivity contribution is 0.0700. The molecular weight excluding hydrogens is 571 g/mol. The van der Waals surface area contributed by atoms with Crippen LogP contribution in [0.2, 0.25) is 0 Å². The number of ether oxygens (including phenoxy) is 1. The molecule has 1 aliphatic heterocycles. The van der Waals surface area contributed by atoms with Crippen LogP contribution < -0.4 is 16.2 Å². The van der Waals surface area contributed by atoms with E-state index in [0.717, 1.165) is 60.2 Å². The predicted molar refractivity (Wildman–Crippen MR) is 170 cm³/mol. The SMILES string of the molecule is COc1cc(C(=O)N2C[C@H]3CC[C@@H]2[C@@H]3N)cc2nc(-c3cc4ccc(-c5ccc(C(N)=O)cc5F)cc4n3CC3CC3)n(C)c12. The molecule has 3 aliphatic rings. The lowest BCUT2D eigenvalue weighted by atomic mass is 10.0. The number of aromatic nitrogens is 3. The maximum absolute atomic E-state index is 15.1. The number of carbonyl (C=O) groups excluding carboxylic acids is 2. The van der Waals surface area contributed by atoms with Crippen LogP contribution in [0, 0.1) is 17.7 Å². The van der Waals surface area contributed by atoms with E-state index in [1.54, 1.807) is 19.2 Å². The summed E-state index contributed by atoms with van der Waals surface area (Å²) in [4.78, 5) is 32.3. The van der Waals surface area contributed by atoms with Crippen molar-refractivity contribution in [3.05, 3.63) is 71.5 Å². The highest BCUT2D eigenvalue weighted by Gasteiger charge is 2.47. The Kier molecular flexibility index (Phi) is 6.29. The molecule has 0 spiro atoms. The van der Waals surface area contributed by atoms with Crippen LogP contribution in [0.25, 0.3) is 44.6 Å². The quantitative estimate of drug-likeness (QED) is 0.268. The molecular formula is C35H35FN6O3. The zero-order valence-corrected chi connectivity index (χ0v) is 25.3. The molecule has 1 saturated heterocycles. The van der Waals surface area contributed by atoms with Crippen LogP contribution in [0.3, 0.4) is 0 Å². The van der Waals surface area contributed by atoms with E-state index < -0.39 is 11.7 Å². The molecule has 10 heteroatoms. The lowest BCUT2D eigenvalue weighted by Gasteiger charge is -2.27. The molecule has 2 aliphatic carbocycles. The van der Waals surface area contributed by atoms with Gasteiger partial charge in [0, 0.05) is 59.8 Å². The van der Waals surface area contributed by atoms with Crippen molar-refractivity contribution in [3.8, 4) is 28.4 Å². The molecule has 9 nitrogen and oxygen atoms in total. The maximum Gasteiger partial charge on any atom is 0.254 e. The second-order valence-corrected chi connectivity index (χ2v) is 12.9. The zero-order valence-electron chi connectivity index (χ0n) is 25.3. The van der Waals surface area contributed by atoms with E-state index in [2.05, 4.69) is 10.6 Å². The standard InChI is InChI=1S/C35H35FN6O3/c1-40-32-26(12-23(15-30(32)45-2)35(44)42-17-22-8-10-27(42)31(22)37)39-34(40)29-14-20-6-5-19(13-28(20)41(29)16-18-3-4-18)24-9-7-21(33(38)43)11-25(24)36/h5-7,9,11-15,18,22,27,31H,3-4,8,10,16-17,37H2,1-2H3,(H2,38,43)/t22-,27-,31-/m1/s1. The fourth-order valence-corrected chi connectivity index (χ4v) is 7.53. The first-order chi connectivity index (χ1) is 21.7. The summed E-state index contributed by atoms with van der Waals surface area (Å²) in [6.07, 6.45) is 4.34. The van der Waals surface area contributed by atoms with E-state index in [4.69, 9.17) is 21.2 Å². The predicted octanol–water partition coefficient (Wildman–Crippen LogP) is 5.08. The third kappa shape index (κ3) is 4.41. The number of hydrogen-bond donors (Lipinski definition) is 2. The fraction of sp³-hybridized carbons (Fsp3) is 0.343. The van der Waals surface area contributed by atoms with Gasteiger partial charge in [0.05, 0.1) is 18.3 Å². The first-order valence-electron chi connectivity index (χ1n) is 15.6. The number of amides is 2. The van der Waals surface area contributed by atoms with Crippen molar-refractivity contribution in [1.82, 2.24) is 19.0 Å². The number of aryl methyl sites for hydroxylation is 1. The third-order valence-corrected chi connectivity index (χ3v) is 10.2. The van der Waals surface area contributed by atoms with Crippen molar-refractivity contribution in [2.45, 2.75) is 44.3 Å². The highest BCUT2D eigenvalue weighted by Crippen LogP contribution is 2.41. The van der Waals surface area contributed by atoms with Crippen molar-refractivity contribution in [3.63, 3.8) is 0 Å². The van der Waals surface area contributed by atoms with Gasteiger partial charge in [-0.15, -0.1) is 0 Å². The maximum atomic E-state index is 15.1. The number of likely N-dealkylation sites (tertiary alicyclic amines) is 1. The summed E-state index contributed by atoms with van der Waals surface area (Å²) in [6, 6.07) is 16.2. The Balaban J connectivity index is 1.23. The van der Waals surface area contributed by atoms with Crippen LogP contribution in [0.4, 0.5) is 4.39 Å². The molecule has 2 saturated carbocycles. The van der Waals surface area contributed by atoms with Gasteiger partial charge in [-0.3, -0.25) is 9.59 Å². The Bertz CT molecular complexity index is 2040. The molecule has 5 aromatic rings. The van der Waals surface area contributed by atoms with Gasteiger partial charge in [0.15, 0.2) is 5.82 Å². The molecule has 8 rings (SSSR count). The van der Waals surface area contributed by atoms with Gasteiger partial charge in [0.2, 0.25) is 5.91 Å². The molecule has 2 aromatic heterocycles. The van der Waals surface area contributed by atoms with Crippen LogP contribution in [0.1, 0.15) is 46.4 Å². The van der Waals surface area contributed by atoms with Crippen molar-refractivity contribution in [1.29, 1.82) is 0 Å². The summed E-state index contributed by atoms with van der Waals surface area (Å²) in [5.74, 6) is 1.08. The van der Waals surface area contributed by atoms with Gasteiger partial charge in [-0.1, -0.05) is 18.2 Å². The van der Waals surface area contributed by atoms with Gasteiger partial charge < -0.3 is 30.2 Å². The minimum absolute atomic E-state index is 0.0310. The fourth-order valence-electron chi connectivity index (χ4n) is 7.53. The molecule has 230 valence electrons. The number of nitrogens with zero attached hydrogens (tertiary/aromatic N) is 4. The summed E-state index contributed by atoms with van der Waals surface area (Å²) < 4.78 is 25.2. The monoisotopic (exact) mass is 606 g/mol. The Morgan fingerprint density at radius 2 is 1.84 bits per heavy atom. The minimum Gasteiger partial charge on any atom is -0.494 e. The second-order valence-electron chi connectivity index (χ2n) is 12.9. The minimum atomic E-state index is -0.665. The molecule has 2 amide bonds. The topological polar surface area (TPSA) is 121 Å². The third-order valence-electron chi connectivity index (χ3n) is 10.2. The summed E-state index contributed by atoms with van der Waals surface area (Å²) in [5.41, 5.74) is 17.0. The molecule has 2 bridgehead atoms. The number of piperidine rings is 1. The number of halogens is 1. The van der Waals surface area contributed by atoms with Gasteiger partial charge in [0.1, 0.15) is 17.1 Å². The normalized spacial score (nSPS) is 20.9. The molecule has 45 heavy (non-hydrogen) atoms. The molecule has 3 fully saturated rings. The Morgan fingerprint density at radius 1 is 1.02 bits per heavy atom. The Hall–Kier alpha value is -4.70. The number of imidazole rings is 1. The van der Waals surface area contributed by atoms with Crippen LogP contribution in [-0.2, 0) is 13.6 Å². The summed E-state index contributed by atoms with van der Waals surface area (Å²) >= 11 is 0. The van der Waals surface area contributed by atoms with E-state index in [1.807, 2.05) is 46.8 Å². The number of carbonyl (C=O) groups is 2. The number of benzene rings is 3. The summed E-state index contributed by atoms with van der Waals surface area (Å²) in [6.45, 7) is 1.51. The second kappa shape index (κ2) is 10.2. The van der Waals surface area contributed by atoms with Gasteiger partial charge in [-0.2, -0.15) is 0 Å². The van der Waals surface area contributed by atoms with Crippen molar-refractivity contribution < 1.29 is 18.7 Å². The smallest absolute Gasteiger partial charge is 0.254 e. The average molecular weight is 607 g/mol. The van der Waals surface area contributed by atoms with Crippen LogP contribution in [-0.4, -0.2) is 56.6 Å². The van der Waals surface area contributed by atoms with Gasteiger partial charge in [0.25, 0.3) is 5.91 Å². The van der Waals surface area contributed by atoms with E-state index in [1.165, 1.54) is 6.07 Å². The van der Waals surface area contributed by atoms with Crippen LogP contribution >= 0.6 is 0 Å². The molecule has 0 radical (unpaired) electrons. The molecule has 4 N–H and O–H groups in total. The van der Waals surface area contributed by atoms with Gasteiger partial charge in [-0.05, 0) is 79.5 Å². The molecule has 0 unspecified atom stereocenters. The van der Waals surface area contributed by atoms with Gasteiger partial charge >= 0.3 is 0 Å². The number of hydrogen-bond acceptors (Lipinski definition) is 5. The Morgan fingerprint density at radius 3 is 2.51 bits per heavy atom. The number of methoxy groups -OCH3 is 1. The number of fused-ring (bicyclic) bond motifs is 4. The highest BCUT2D eigenvalue weighted by atomic mass is 19.1. The molecule has 3 atom stereocenters. The van der Waals surface area contributed by atoms with Crippen molar-refractivity contribution in [2.75, 3.05) is 13.7 Å². The number of nitrogens with two attached hydrogens (primary N) is 2. The first kappa shape index (κ1) is 27.8. The number of primary amides is 1. The summed E-state index contributed by atoms with van der Waals surface area (Å²) in [7, 11) is 3.58. The van der Waals surface area contributed by atoms with Crippen molar-refractivity contribution in [2.24, 2.45) is 30.4 Å². The Labute approximate surface area is 259 Å². The van der Waals surface area contributed by atoms with Crippen LogP contribution in [0.15, 0.2) is 54.6 Å². The molecule has 3 aromatic carbocycles. The largest absolute Gasteiger partial charge is 0.494 e. The first-order valence-corrected chi connectivity index (χ1v) is 15.6.